The average molecular weight is 451 g/mol. The summed E-state index contributed by atoms with van der Waals surface area (Å²) in [5.74, 6) is -0.654. The Morgan fingerprint density at radius 2 is 1.52 bits per heavy atom. The predicted molar refractivity (Wildman–Crippen MR) is 110 cm³/mol. The standard InChI is InChI=1S/C21H25NO2.HI/c1-4-10-18(11-5-1)20-16-23-21(24-20,19-12-6-2-7-13-19)17-22-14-8-3-9-15-22;/h1-2,4-7,10-13,20H,3,8-9,14-17H2;1H. The van der Waals surface area contributed by atoms with Crippen LogP contribution >= 0.6 is 24.0 Å². The summed E-state index contributed by atoms with van der Waals surface area (Å²) in [6, 6.07) is 20.8. The molecule has 0 N–H and O–H groups in total. The number of ether oxygens (including phenoxy) is 2. The van der Waals surface area contributed by atoms with Crippen molar-refractivity contribution in [2.75, 3.05) is 26.2 Å². The zero-order chi connectivity index (χ0) is 16.2. The minimum Gasteiger partial charge on any atom is -0.342 e. The first-order valence-electron chi connectivity index (χ1n) is 9.00. The first-order chi connectivity index (χ1) is 11.9. The topological polar surface area (TPSA) is 21.7 Å². The van der Waals surface area contributed by atoms with Crippen LogP contribution in [0.5, 0.6) is 0 Å². The zero-order valence-corrected chi connectivity index (χ0v) is 16.8. The minimum absolute atomic E-state index is 0. The third-order valence-electron chi connectivity index (χ3n) is 5.07. The molecule has 0 radical (unpaired) electrons. The van der Waals surface area contributed by atoms with Crippen molar-refractivity contribution in [2.45, 2.75) is 31.2 Å². The maximum atomic E-state index is 6.56. The van der Waals surface area contributed by atoms with Crippen LogP contribution in [0.25, 0.3) is 0 Å². The largest absolute Gasteiger partial charge is 0.342 e. The van der Waals surface area contributed by atoms with Crippen molar-refractivity contribution in [2.24, 2.45) is 0 Å². The summed E-state index contributed by atoms with van der Waals surface area (Å²) in [5, 5.41) is 0. The van der Waals surface area contributed by atoms with Gasteiger partial charge in [0.1, 0.15) is 6.10 Å². The van der Waals surface area contributed by atoms with Crippen LogP contribution in [0.15, 0.2) is 60.7 Å². The molecular weight excluding hydrogens is 425 g/mol. The third kappa shape index (κ3) is 4.25. The number of piperidine rings is 1. The molecule has 0 aromatic heterocycles. The molecule has 0 saturated carbocycles. The second kappa shape index (κ2) is 8.62. The molecule has 134 valence electrons. The van der Waals surface area contributed by atoms with Crippen molar-refractivity contribution in [3.8, 4) is 0 Å². The Bertz CT molecular complexity index is 645. The fraction of sp³-hybridized carbons (Fsp3) is 0.429. The van der Waals surface area contributed by atoms with Gasteiger partial charge in [0.15, 0.2) is 0 Å². The van der Waals surface area contributed by atoms with Crippen LogP contribution in [0.3, 0.4) is 0 Å². The lowest BCUT2D eigenvalue weighted by Gasteiger charge is -2.36. The minimum atomic E-state index is -0.654. The van der Waals surface area contributed by atoms with Crippen LogP contribution < -0.4 is 0 Å². The highest BCUT2D eigenvalue weighted by molar-refractivity contribution is 14.0. The van der Waals surface area contributed by atoms with Crippen LogP contribution in [0.2, 0.25) is 0 Å². The number of nitrogens with zero attached hydrogens (tertiary/aromatic N) is 1. The van der Waals surface area contributed by atoms with E-state index in [9.17, 15) is 0 Å². The zero-order valence-electron chi connectivity index (χ0n) is 14.5. The third-order valence-corrected chi connectivity index (χ3v) is 5.07. The van der Waals surface area contributed by atoms with Crippen molar-refractivity contribution >= 4 is 24.0 Å². The fourth-order valence-electron chi connectivity index (χ4n) is 3.77. The Balaban J connectivity index is 0.00000182. The molecular formula is C21H26INO2. The smallest absolute Gasteiger partial charge is 0.208 e. The average Bonchev–Trinajstić information content (AvgIpc) is 3.09. The van der Waals surface area contributed by atoms with E-state index in [1.807, 2.05) is 12.1 Å². The van der Waals surface area contributed by atoms with Crippen molar-refractivity contribution in [1.82, 2.24) is 4.90 Å². The van der Waals surface area contributed by atoms with Gasteiger partial charge in [0.25, 0.3) is 0 Å². The highest BCUT2D eigenvalue weighted by Gasteiger charge is 2.45. The van der Waals surface area contributed by atoms with Crippen molar-refractivity contribution in [1.29, 1.82) is 0 Å². The van der Waals surface area contributed by atoms with E-state index < -0.39 is 5.79 Å². The van der Waals surface area contributed by atoms with Gasteiger partial charge in [0, 0.05) is 5.56 Å². The molecule has 2 aromatic carbocycles. The first kappa shape index (κ1) is 18.8. The second-order valence-electron chi connectivity index (χ2n) is 6.78. The number of hydrogen-bond acceptors (Lipinski definition) is 3. The summed E-state index contributed by atoms with van der Waals surface area (Å²) in [4.78, 5) is 2.49. The van der Waals surface area contributed by atoms with Crippen molar-refractivity contribution < 1.29 is 9.47 Å². The summed E-state index contributed by atoms with van der Waals surface area (Å²) in [6.07, 6.45) is 3.87. The Hall–Kier alpha value is -0.950. The van der Waals surface area contributed by atoms with Crippen LogP contribution in [0.4, 0.5) is 0 Å². The quantitative estimate of drug-likeness (QED) is 0.628. The Morgan fingerprint density at radius 1 is 0.880 bits per heavy atom. The molecule has 2 heterocycles. The van der Waals surface area contributed by atoms with Crippen LogP contribution in [0, 0.1) is 0 Å². The van der Waals surface area contributed by atoms with E-state index in [-0.39, 0.29) is 30.1 Å². The predicted octanol–water partition coefficient (Wildman–Crippen LogP) is 4.73. The molecule has 0 aliphatic carbocycles. The molecule has 2 unspecified atom stereocenters. The normalized spacial score (nSPS) is 27.0. The summed E-state index contributed by atoms with van der Waals surface area (Å²) in [6.45, 7) is 3.68. The summed E-state index contributed by atoms with van der Waals surface area (Å²) >= 11 is 0. The summed E-state index contributed by atoms with van der Waals surface area (Å²) < 4.78 is 12.9. The molecule has 2 fully saturated rings. The lowest BCUT2D eigenvalue weighted by atomic mass is 10.0. The summed E-state index contributed by atoms with van der Waals surface area (Å²) in [7, 11) is 0. The monoisotopic (exact) mass is 451 g/mol. The number of benzene rings is 2. The molecule has 2 saturated heterocycles. The maximum Gasteiger partial charge on any atom is 0.208 e. The van der Waals surface area contributed by atoms with Gasteiger partial charge in [-0.25, -0.2) is 0 Å². The molecule has 0 amide bonds. The first-order valence-corrected chi connectivity index (χ1v) is 9.00. The molecule has 4 rings (SSSR count). The highest BCUT2D eigenvalue weighted by Crippen LogP contribution is 2.41. The lowest BCUT2D eigenvalue weighted by molar-refractivity contribution is -0.191. The van der Waals surface area contributed by atoms with Crippen LogP contribution in [-0.4, -0.2) is 31.1 Å². The van der Waals surface area contributed by atoms with E-state index >= 15 is 0 Å². The fourth-order valence-corrected chi connectivity index (χ4v) is 3.77. The van der Waals surface area contributed by atoms with Gasteiger partial charge in [0.2, 0.25) is 5.79 Å². The van der Waals surface area contributed by atoms with Crippen molar-refractivity contribution in [3.63, 3.8) is 0 Å². The SMILES string of the molecule is I.c1ccc(C2COC(CN3CCCCC3)(c3ccccc3)O2)cc1. The van der Waals surface area contributed by atoms with E-state index in [4.69, 9.17) is 9.47 Å². The van der Waals surface area contributed by atoms with E-state index in [0.717, 1.165) is 25.2 Å². The number of likely N-dealkylation sites (tertiary alicyclic amines) is 1. The van der Waals surface area contributed by atoms with Crippen molar-refractivity contribution in [3.05, 3.63) is 71.8 Å². The van der Waals surface area contributed by atoms with E-state index in [0.29, 0.717) is 6.61 Å². The second-order valence-corrected chi connectivity index (χ2v) is 6.78. The highest BCUT2D eigenvalue weighted by atomic mass is 127. The van der Waals surface area contributed by atoms with Gasteiger partial charge < -0.3 is 9.47 Å². The lowest BCUT2D eigenvalue weighted by Crippen LogP contribution is -2.44. The van der Waals surface area contributed by atoms with Gasteiger partial charge in [-0.1, -0.05) is 67.1 Å². The number of rotatable bonds is 4. The van der Waals surface area contributed by atoms with Gasteiger partial charge in [-0.2, -0.15) is 0 Å². The van der Waals surface area contributed by atoms with Gasteiger partial charge in [-0.15, -0.1) is 24.0 Å². The molecule has 2 aliphatic rings. The van der Waals surface area contributed by atoms with Gasteiger partial charge in [0.05, 0.1) is 13.2 Å². The number of halogens is 1. The molecule has 0 spiro atoms. The maximum absolute atomic E-state index is 6.56. The van der Waals surface area contributed by atoms with Gasteiger partial charge in [-0.3, -0.25) is 4.90 Å². The van der Waals surface area contributed by atoms with E-state index in [1.165, 1.54) is 24.8 Å². The molecule has 0 bridgehead atoms. The molecule has 3 nitrogen and oxygen atoms in total. The summed E-state index contributed by atoms with van der Waals surface area (Å²) in [5.41, 5.74) is 2.31. The van der Waals surface area contributed by atoms with Crippen LogP contribution in [0.1, 0.15) is 36.5 Å². The molecule has 2 aromatic rings. The Morgan fingerprint density at radius 3 is 2.20 bits per heavy atom. The van der Waals surface area contributed by atoms with Gasteiger partial charge >= 0.3 is 0 Å². The van der Waals surface area contributed by atoms with Gasteiger partial charge in [-0.05, 0) is 31.5 Å². The van der Waals surface area contributed by atoms with E-state index in [2.05, 4.69) is 53.4 Å². The Kier molecular flexibility index (Phi) is 6.49. The Labute approximate surface area is 167 Å². The van der Waals surface area contributed by atoms with Crippen LogP contribution in [-0.2, 0) is 15.3 Å². The molecule has 2 aliphatic heterocycles. The molecule has 25 heavy (non-hydrogen) atoms. The molecule has 2 atom stereocenters. The molecule has 4 heteroatoms. The number of hydrogen-bond donors (Lipinski definition) is 0. The van der Waals surface area contributed by atoms with E-state index in [1.54, 1.807) is 0 Å².